The van der Waals surface area contributed by atoms with Gasteiger partial charge in [0.1, 0.15) is 6.61 Å². The van der Waals surface area contributed by atoms with E-state index < -0.39 is 0 Å². The molecule has 21 heavy (non-hydrogen) atoms. The van der Waals surface area contributed by atoms with Crippen molar-refractivity contribution in [3.8, 4) is 0 Å². The minimum absolute atomic E-state index is 0.00183. The van der Waals surface area contributed by atoms with Crippen molar-refractivity contribution >= 4 is 6.09 Å². The first-order valence-corrected chi connectivity index (χ1v) is 7.44. The molecule has 0 bridgehead atoms. The number of cyclic esters (lactones) is 1. The number of fused-ring (bicyclic) bond motifs is 1. The van der Waals surface area contributed by atoms with E-state index in [-0.39, 0.29) is 30.2 Å². The summed E-state index contributed by atoms with van der Waals surface area (Å²) in [5, 5.41) is 0. The van der Waals surface area contributed by atoms with Crippen LogP contribution < -0.4 is 0 Å². The van der Waals surface area contributed by atoms with E-state index in [0.29, 0.717) is 13.2 Å². The largest absolute Gasteiger partial charge is 0.447 e. The van der Waals surface area contributed by atoms with Gasteiger partial charge in [0.15, 0.2) is 0 Å². The van der Waals surface area contributed by atoms with Crippen LogP contribution in [-0.2, 0) is 16.1 Å². The van der Waals surface area contributed by atoms with E-state index in [2.05, 4.69) is 25.6 Å². The molecule has 2 saturated heterocycles. The third-order valence-corrected chi connectivity index (χ3v) is 4.55. The fourth-order valence-corrected chi connectivity index (χ4v) is 3.25. The molecule has 1 amide bonds. The number of rotatable bonds is 4. The Morgan fingerprint density at radius 1 is 1.43 bits per heavy atom. The quantitative estimate of drug-likeness (QED) is 0.799. The summed E-state index contributed by atoms with van der Waals surface area (Å²) in [7, 11) is 0. The highest BCUT2D eigenvalue weighted by atomic mass is 16.6. The number of ether oxygens (including phenoxy) is 2. The van der Waals surface area contributed by atoms with Crippen molar-refractivity contribution < 1.29 is 14.3 Å². The minimum atomic E-state index is -0.224. The highest BCUT2D eigenvalue weighted by Gasteiger charge is 2.47. The van der Waals surface area contributed by atoms with Gasteiger partial charge < -0.3 is 9.47 Å². The van der Waals surface area contributed by atoms with Gasteiger partial charge in [-0.25, -0.2) is 4.79 Å². The predicted molar refractivity (Wildman–Crippen MR) is 79.8 cm³/mol. The van der Waals surface area contributed by atoms with Crippen LogP contribution in [0.4, 0.5) is 4.79 Å². The molecule has 0 N–H and O–H groups in total. The minimum Gasteiger partial charge on any atom is -0.447 e. The number of hydrogen-bond donors (Lipinski definition) is 0. The zero-order valence-electron chi connectivity index (χ0n) is 12.3. The van der Waals surface area contributed by atoms with Crippen molar-refractivity contribution in [2.75, 3.05) is 6.61 Å². The molecule has 0 saturated carbocycles. The molecule has 112 valence electrons. The van der Waals surface area contributed by atoms with Crippen LogP contribution in [-0.4, -0.2) is 35.8 Å². The second-order valence-corrected chi connectivity index (χ2v) is 5.78. The molecular weight excluding hydrogens is 266 g/mol. The molecule has 1 aromatic carbocycles. The molecule has 0 unspecified atom stereocenters. The van der Waals surface area contributed by atoms with Crippen LogP contribution in [0.25, 0.3) is 0 Å². The molecule has 2 heterocycles. The van der Waals surface area contributed by atoms with Gasteiger partial charge in [0, 0.05) is 5.92 Å². The SMILES string of the molecule is C=C[C@H]1C[C@H](OCc2ccccc2)[C@H](C)[C@H]2COC(=O)N21. The smallest absolute Gasteiger partial charge is 0.410 e. The number of benzene rings is 1. The van der Waals surface area contributed by atoms with E-state index in [1.54, 1.807) is 0 Å². The average molecular weight is 287 g/mol. The maximum absolute atomic E-state index is 11.8. The van der Waals surface area contributed by atoms with Crippen LogP contribution in [0.15, 0.2) is 43.0 Å². The van der Waals surface area contributed by atoms with Crippen molar-refractivity contribution in [3.05, 3.63) is 48.6 Å². The maximum Gasteiger partial charge on any atom is 0.410 e. The number of nitrogens with zero attached hydrogens (tertiary/aromatic N) is 1. The van der Waals surface area contributed by atoms with Crippen molar-refractivity contribution in [3.63, 3.8) is 0 Å². The predicted octanol–water partition coefficient (Wildman–Crippen LogP) is 2.99. The van der Waals surface area contributed by atoms with E-state index in [9.17, 15) is 4.79 Å². The lowest BCUT2D eigenvalue weighted by molar-refractivity contribution is -0.0548. The number of carbonyl (C=O) groups is 1. The topological polar surface area (TPSA) is 38.8 Å². The molecule has 2 fully saturated rings. The summed E-state index contributed by atoms with van der Waals surface area (Å²) in [6.07, 6.45) is 2.50. The average Bonchev–Trinajstić information content (AvgIpc) is 2.90. The molecule has 0 aromatic heterocycles. The fraction of sp³-hybridized carbons (Fsp3) is 0.471. The van der Waals surface area contributed by atoms with E-state index in [1.807, 2.05) is 29.2 Å². The van der Waals surface area contributed by atoms with Crippen LogP contribution in [0.5, 0.6) is 0 Å². The molecular formula is C17H21NO3. The van der Waals surface area contributed by atoms with E-state index in [4.69, 9.17) is 9.47 Å². The molecule has 4 nitrogen and oxygen atoms in total. The third kappa shape index (κ3) is 2.68. The summed E-state index contributed by atoms with van der Waals surface area (Å²) < 4.78 is 11.3. The number of piperidine rings is 1. The Labute approximate surface area is 125 Å². The Morgan fingerprint density at radius 2 is 2.19 bits per heavy atom. The Bertz CT molecular complexity index is 516. The summed E-state index contributed by atoms with van der Waals surface area (Å²) in [5.41, 5.74) is 1.17. The zero-order chi connectivity index (χ0) is 14.8. The van der Waals surface area contributed by atoms with Gasteiger partial charge in [0.25, 0.3) is 0 Å². The van der Waals surface area contributed by atoms with Gasteiger partial charge in [0.05, 0.1) is 24.8 Å². The van der Waals surface area contributed by atoms with E-state index in [1.165, 1.54) is 5.56 Å². The molecule has 3 rings (SSSR count). The van der Waals surface area contributed by atoms with Crippen LogP contribution >= 0.6 is 0 Å². The molecule has 1 aromatic rings. The molecule has 0 aliphatic carbocycles. The van der Waals surface area contributed by atoms with Crippen LogP contribution in [0.3, 0.4) is 0 Å². The highest BCUT2D eigenvalue weighted by molar-refractivity contribution is 5.71. The van der Waals surface area contributed by atoms with Crippen LogP contribution in [0.1, 0.15) is 18.9 Å². The fourth-order valence-electron chi connectivity index (χ4n) is 3.25. The standard InChI is InChI=1S/C17H21NO3/c1-3-14-9-16(20-10-13-7-5-4-6-8-13)12(2)15-11-21-17(19)18(14)15/h3-8,12,14-16H,1,9-11H2,2H3/t12-,14+,15-,16+/m1/s1. The lowest BCUT2D eigenvalue weighted by atomic mass is 9.85. The Balaban J connectivity index is 1.69. The van der Waals surface area contributed by atoms with Crippen molar-refractivity contribution in [1.82, 2.24) is 4.90 Å². The summed E-state index contributed by atoms with van der Waals surface area (Å²) >= 11 is 0. The first-order chi connectivity index (χ1) is 10.2. The molecule has 4 atom stereocenters. The van der Waals surface area contributed by atoms with Crippen molar-refractivity contribution in [2.24, 2.45) is 5.92 Å². The van der Waals surface area contributed by atoms with Gasteiger partial charge in [0.2, 0.25) is 0 Å². The molecule has 2 aliphatic heterocycles. The van der Waals surface area contributed by atoms with E-state index in [0.717, 1.165) is 6.42 Å². The molecule has 2 aliphatic rings. The van der Waals surface area contributed by atoms with Gasteiger partial charge in [-0.05, 0) is 12.0 Å². The van der Waals surface area contributed by atoms with Gasteiger partial charge in [-0.3, -0.25) is 4.90 Å². The number of carbonyl (C=O) groups excluding carboxylic acids is 1. The first-order valence-electron chi connectivity index (χ1n) is 7.44. The highest BCUT2D eigenvalue weighted by Crippen LogP contribution is 2.35. The summed E-state index contributed by atoms with van der Waals surface area (Å²) in [6.45, 7) is 7.04. The first kappa shape index (κ1) is 14.1. The third-order valence-electron chi connectivity index (χ3n) is 4.55. The Kier molecular flexibility index (Phi) is 3.97. The molecule has 0 spiro atoms. The van der Waals surface area contributed by atoms with Gasteiger partial charge in [-0.2, -0.15) is 0 Å². The van der Waals surface area contributed by atoms with E-state index >= 15 is 0 Å². The van der Waals surface area contributed by atoms with Crippen molar-refractivity contribution in [2.45, 2.75) is 38.1 Å². The number of hydrogen-bond acceptors (Lipinski definition) is 3. The van der Waals surface area contributed by atoms with Crippen LogP contribution in [0, 0.1) is 5.92 Å². The van der Waals surface area contributed by atoms with Crippen LogP contribution in [0.2, 0.25) is 0 Å². The second-order valence-electron chi connectivity index (χ2n) is 5.78. The van der Waals surface area contributed by atoms with Gasteiger partial charge in [-0.15, -0.1) is 6.58 Å². The van der Waals surface area contributed by atoms with Crippen molar-refractivity contribution in [1.29, 1.82) is 0 Å². The summed E-state index contributed by atoms with van der Waals surface area (Å²) in [5.74, 6) is 0.261. The monoisotopic (exact) mass is 287 g/mol. The summed E-state index contributed by atoms with van der Waals surface area (Å²) in [4.78, 5) is 13.6. The lowest BCUT2D eigenvalue weighted by Gasteiger charge is -2.42. The lowest BCUT2D eigenvalue weighted by Crippen LogP contribution is -2.54. The second kappa shape index (κ2) is 5.90. The number of amides is 1. The normalized spacial score (nSPS) is 31.7. The molecule has 0 radical (unpaired) electrons. The maximum atomic E-state index is 11.8. The van der Waals surface area contributed by atoms with Gasteiger partial charge >= 0.3 is 6.09 Å². The Morgan fingerprint density at radius 3 is 2.90 bits per heavy atom. The zero-order valence-corrected chi connectivity index (χ0v) is 12.3. The van der Waals surface area contributed by atoms with Gasteiger partial charge in [-0.1, -0.05) is 43.3 Å². The Hall–Kier alpha value is -1.81. The molecule has 4 heteroatoms. The summed E-state index contributed by atoms with van der Waals surface area (Å²) in [6, 6.07) is 10.2.